The van der Waals surface area contributed by atoms with Gasteiger partial charge in [-0.15, -0.1) is 0 Å². The average molecular weight is 369 g/mol. The summed E-state index contributed by atoms with van der Waals surface area (Å²) < 4.78 is 0. The minimum atomic E-state index is -0.207. The highest BCUT2D eigenvalue weighted by atomic mass is 32.2. The SMILES string of the molecule is Cc1ccccc1[C@@H]1CCN(C(=O)CNC(=O)c2ccccc2)CCS1. The summed E-state index contributed by atoms with van der Waals surface area (Å²) in [6.45, 7) is 3.65. The van der Waals surface area contributed by atoms with Gasteiger partial charge in [-0.2, -0.15) is 11.8 Å². The number of thioether (sulfide) groups is 1. The summed E-state index contributed by atoms with van der Waals surface area (Å²) in [6, 6.07) is 17.4. The molecule has 1 aliphatic rings. The maximum atomic E-state index is 12.5. The molecule has 0 unspecified atom stereocenters. The molecule has 1 heterocycles. The van der Waals surface area contributed by atoms with Crippen molar-refractivity contribution in [2.45, 2.75) is 18.6 Å². The van der Waals surface area contributed by atoms with E-state index < -0.39 is 0 Å². The average Bonchev–Trinajstić information content (AvgIpc) is 2.93. The predicted molar refractivity (Wildman–Crippen MR) is 106 cm³/mol. The third kappa shape index (κ3) is 4.67. The Morgan fingerprint density at radius 2 is 1.81 bits per heavy atom. The van der Waals surface area contributed by atoms with Crippen LogP contribution in [0.1, 0.15) is 33.2 Å². The lowest BCUT2D eigenvalue weighted by Crippen LogP contribution is -2.41. The van der Waals surface area contributed by atoms with Gasteiger partial charge in [-0.3, -0.25) is 9.59 Å². The first-order chi connectivity index (χ1) is 12.6. The Kier molecular flexibility index (Phi) is 6.34. The predicted octanol–water partition coefficient (Wildman–Crippen LogP) is 3.43. The molecule has 3 rings (SSSR count). The lowest BCUT2D eigenvalue weighted by atomic mass is 10.0. The zero-order valence-corrected chi connectivity index (χ0v) is 15.8. The molecule has 2 aromatic carbocycles. The van der Waals surface area contributed by atoms with E-state index >= 15 is 0 Å². The van der Waals surface area contributed by atoms with Crippen LogP contribution in [0, 0.1) is 6.92 Å². The Balaban J connectivity index is 1.53. The Labute approximate surface area is 159 Å². The van der Waals surface area contributed by atoms with Gasteiger partial charge in [-0.25, -0.2) is 0 Å². The van der Waals surface area contributed by atoms with E-state index in [4.69, 9.17) is 0 Å². The maximum Gasteiger partial charge on any atom is 0.251 e. The summed E-state index contributed by atoms with van der Waals surface area (Å²) in [4.78, 5) is 26.5. The minimum Gasteiger partial charge on any atom is -0.343 e. The molecule has 0 bridgehead atoms. The third-order valence-electron chi connectivity index (χ3n) is 4.67. The van der Waals surface area contributed by atoms with Crippen molar-refractivity contribution in [3.05, 3.63) is 71.3 Å². The van der Waals surface area contributed by atoms with Crippen molar-refractivity contribution in [2.24, 2.45) is 0 Å². The van der Waals surface area contributed by atoms with E-state index in [9.17, 15) is 9.59 Å². The van der Waals surface area contributed by atoms with Crippen LogP contribution >= 0.6 is 11.8 Å². The van der Waals surface area contributed by atoms with Crippen molar-refractivity contribution in [1.29, 1.82) is 0 Å². The van der Waals surface area contributed by atoms with Crippen molar-refractivity contribution in [2.75, 3.05) is 25.4 Å². The lowest BCUT2D eigenvalue weighted by Gasteiger charge is -2.21. The molecule has 0 saturated carbocycles. The van der Waals surface area contributed by atoms with Gasteiger partial charge in [0.2, 0.25) is 5.91 Å². The number of nitrogens with zero attached hydrogens (tertiary/aromatic N) is 1. The number of nitrogens with one attached hydrogen (secondary N) is 1. The van der Waals surface area contributed by atoms with Gasteiger partial charge in [0.25, 0.3) is 5.91 Å². The van der Waals surface area contributed by atoms with Crippen LogP contribution in [0.15, 0.2) is 54.6 Å². The van der Waals surface area contributed by atoms with E-state index in [1.165, 1.54) is 11.1 Å². The minimum absolute atomic E-state index is 0.0136. The first-order valence-electron chi connectivity index (χ1n) is 8.93. The van der Waals surface area contributed by atoms with Crippen molar-refractivity contribution < 1.29 is 9.59 Å². The highest BCUT2D eigenvalue weighted by Gasteiger charge is 2.23. The number of hydrogen-bond acceptors (Lipinski definition) is 3. The van der Waals surface area contributed by atoms with Gasteiger partial charge in [-0.1, -0.05) is 42.5 Å². The molecule has 0 aromatic heterocycles. The standard InChI is InChI=1S/C21H24N2O2S/c1-16-7-5-6-10-18(16)19-11-12-23(13-14-26-19)20(24)15-22-21(25)17-8-3-2-4-9-17/h2-10,19H,11-15H2,1H3,(H,22,25)/t19-/m0/s1. The second-order valence-corrected chi connectivity index (χ2v) is 7.74. The fraction of sp³-hybridized carbons (Fsp3) is 0.333. The number of carbonyl (C=O) groups excluding carboxylic acids is 2. The topological polar surface area (TPSA) is 49.4 Å². The van der Waals surface area contributed by atoms with Gasteiger partial charge in [0.05, 0.1) is 6.54 Å². The summed E-state index contributed by atoms with van der Waals surface area (Å²) >= 11 is 1.91. The normalized spacial score (nSPS) is 17.4. The number of hydrogen-bond donors (Lipinski definition) is 1. The highest BCUT2D eigenvalue weighted by molar-refractivity contribution is 7.99. The molecule has 0 spiro atoms. The van der Waals surface area contributed by atoms with Crippen LogP contribution in [-0.2, 0) is 4.79 Å². The second-order valence-electron chi connectivity index (χ2n) is 6.43. The van der Waals surface area contributed by atoms with Crippen LogP contribution in [0.3, 0.4) is 0 Å². The van der Waals surface area contributed by atoms with Crippen molar-refractivity contribution >= 4 is 23.6 Å². The van der Waals surface area contributed by atoms with Crippen LogP contribution < -0.4 is 5.32 Å². The van der Waals surface area contributed by atoms with E-state index in [0.717, 1.165) is 25.3 Å². The third-order valence-corrected chi connectivity index (χ3v) is 5.98. The molecule has 1 aliphatic heterocycles. The molecular weight excluding hydrogens is 344 g/mol. The number of benzene rings is 2. The fourth-order valence-corrected chi connectivity index (χ4v) is 4.50. The quantitative estimate of drug-likeness (QED) is 0.899. The van der Waals surface area contributed by atoms with E-state index in [-0.39, 0.29) is 18.4 Å². The van der Waals surface area contributed by atoms with Crippen molar-refractivity contribution in [3.8, 4) is 0 Å². The molecule has 1 atom stereocenters. The molecule has 2 aromatic rings. The Hall–Kier alpha value is -2.27. The summed E-state index contributed by atoms with van der Waals surface area (Å²) in [7, 11) is 0. The number of rotatable bonds is 4. The zero-order chi connectivity index (χ0) is 18.4. The Bertz CT molecular complexity index is 764. The first-order valence-corrected chi connectivity index (χ1v) is 9.98. The van der Waals surface area contributed by atoms with Crippen LogP contribution in [0.4, 0.5) is 0 Å². The van der Waals surface area contributed by atoms with Gasteiger partial charge in [-0.05, 0) is 36.6 Å². The van der Waals surface area contributed by atoms with Gasteiger partial charge in [0.15, 0.2) is 0 Å². The smallest absolute Gasteiger partial charge is 0.251 e. The maximum absolute atomic E-state index is 12.5. The van der Waals surface area contributed by atoms with Crippen molar-refractivity contribution in [1.82, 2.24) is 10.2 Å². The molecule has 1 saturated heterocycles. The Morgan fingerprint density at radius 1 is 1.08 bits per heavy atom. The first kappa shape index (κ1) is 18.5. The van der Waals surface area contributed by atoms with Gasteiger partial charge in [0, 0.05) is 29.7 Å². The van der Waals surface area contributed by atoms with Gasteiger partial charge in [0.1, 0.15) is 0 Å². The molecule has 4 nitrogen and oxygen atoms in total. The molecule has 2 amide bonds. The summed E-state index contributed by atoms with van der Waals surface area (Å²) in [5.41, 5.74) is 3.25. The van der Waals surface area contributed by atoms with Crippen LogP contribution in [0.2, 0.25) is 0 Å². The molecule has 5 heteroatoms. The van der Waals surface area contributed by atoms with Crippen LogP contribution in [0.25, 0.3) is 0 Å². The molecule has 1 fully saturated rings. The van der Waals surface area contributed by atoms with Crippen LogP contribution in [0.5, 0.6) is 0 Å². The molecule has 26 heavy (non-hydrogen) atoms. The highest BCUT2D eigenvalue weighted by Crippen LogP contribution is 2.35. The van der Waals surface area contributed by atoms with Crippen LogP contribution in [-0.4, -0.2) is 42.1 Å². The molecule has 1 N–H and O–H groups in total. The van der Waals surface area contributed by atoms with Crippen molar-refractivity contribution in [3.63, 3.8) is 0 Å². The summed E-state index contributed by atoms with van der Waals surface area (Å²) in [5.74, 6) is 0.693. The van der Waals surface area contributed by atoms with E-state index in [1.807, 2.05) is 34.9 Å². The Morgan fingerprint density at radius 3 is 2.58 bits per heavy atom. The molecule has 0 radical (unpaired) electrons. The van der Waals surface area contributed by atoms with E-state index in [0.29, 0.717) is 10.8 Å². The molecule has 136 valence electrons. The zero-order valence-electron chi connectivity index (χ0n) is 15.0. The largest absolute Gasteiger partial charge is 0.343 e. The monoisotopic (exact) mass is 368 g/mol. The van der Waals surface area contributed by atoms with E-state index in [1.54, 1.807) is 12.1 Å². The summed E-state index contributed by atoms with van der Waals surface area (Å²) in [6.07, 6.45) is 0.938. The summed E-state index contributed by atoms with van der Waals surface area (Å²) in [5, 5.41) is 3.16. The lowest BCUT2D eigenvalue weighted by molar-refractivity contribution is -0.129. The van der Waals surface area contributed by atoms with Gasteiger partial charge < -0.3 is 10.2 Å². The van der Waals surface area contributed by atoms with Gasteiger partial charge >= 0.3 is 0 Å². The molecule has 0 aliphatic carbocycles. The number of carbonyl (C=O) groups is 2. The fourth-order valence-electron chi connectivity index (χ4n) is 3.18. The number of amides is 2. The number of aryl methyl sites for hydroxylation is 1. The molecular formula is C21H24N2O2S. The van der Waals surface area contributed by atoms with E-state index in [2.05, 4.69) is 36.5 Å². The second kappa shape index (κ2) is 8.90.